The second-order valence-electron chi connectivity index (χ2n) is 6.28. The van der Waals surface area contributed by atoms with E-state index in [9.17, 15) is 9.59 Å². The van der Waals surface area contributed by atoms with Gasteiger partial charge in [0.25, 0.3) is 5.91 Å². The molecule has 3 aromatic heterocycles. The minimum atomic E-state index is -0.418. The topological polar surface area (TPSA) is 113 Å². The summed E-state index contributed by atoms with van der Waals surface area (Å²) in [6.07, 6.45) is 0. The number of rotatable bonds is 5. The number of hydrogen-bond donors (Lipinski definition) is 3. The molecule has 4 rings (SSSR count). The molecule has 29 heavy (non-hydrogen) atoms. The number of thiazole rings is 1. The average molecular weight is 407 g/mol. The number of carbonyl (C=O) groups is 2. The van der Waals surface area contributed by atoms with Crippen molar-refractivity contribution in [2.75, 3.05) is 10.6 Å². The van der Waals surface area contributed by atoms with Gasteiger partial charge in [-0.05, 0) is 19.1 Å². The minimum absolute atomic E-state index is 0.201. The lowest BCUT2D eigenvalue weighted by Gasteiger charge is -2.01. The van der Waals surface area contributed by atoms with Crippen molar-refractivity contribution in [3.05, 3.63) is 60.0 Å². The molecule has 0 atom stereocenters. The van der Waals surface area contributed by atoms with E-state index in [0.29, 0.717) is 27.3 Å². The van der Waals surface area contributed by atoms with Crippen molar-refractivity contribution in [2.24, 2.45) is 0 Å². The first-order chi connectivity index (χ1) is 14.0. The standard InChI is InChI=1S/C20H17N5O3S/c1-11-8-9-16(28-11)14-10-15(25-24-14)18(27)23-20-22-17(13-6-4-3-5-7-13)19(29-20)21-12(2)26/h3-10H,1-2H3,(H,21,26)(H,24,25)(H,22,23,27). The maximum atomic E-state index is 12.6. The molecule has 9 heteroatoms. The van der Waals surface area contributed by atoms with E-state index in [-0.39, 0.29) is 11.6 Å². The molecule has 0 unspecified atom stereocenters. The van der Waals surface area contributed by atoms with E-state index < -0.39 is 5.91 Å². The quantitative estimate of drug-likeness (QED) is 0.456. The summed E-state index contributed by atoms with van der Waals surface area (Å²) in [6.45, 7) is 3.27. The van der Waals surface area contributed by atoms with Gasteiger partial charge in [-0.3, -0.25) is 20.0 Å². The van der Waals surface area contributed by atoms with Crippen LogP contribution in [0.4, 0.5) is 10.1 Å². The highest BCUT2D eigenvalue weighted by molar-refractivity contribution is 7.20. The first-order valence-corrected chi connectivity index (χ1v) is 9.58. The molecule has 0 aliphatic heterocycles. The van der Waals surface area contributed by atoms with Crippen molar-refractivity contribution < 1.29 is 14.0 Å². The molecule has 2 amide bonds. The van der Waals surface area contributed by atoms with Gasteiger partial charge < -0.3 is 9.73 Å². The molecule has 0 aliphatic carbocycles. The Morgan fingerprint density at radius 3 is 2.59 bits per heavy atom. The maximum Gasteiger partial charge on any atom is 0.277 e. The highest BCUT2D eigenvalue weighted by Crippen LogP contribution is 2.36. The number of anilines is 2. The van der Waals surface area contributed by atoms with Crippen molar-refractivity contribution in [3.8, 4) is 22.7 Å². The number of nitrogens with zero attached hydrogens (tertiary/aromatic N) is 2. The Balaban J connectivity index is 1.57. The lowest BCUT2D eigenvalue weighted by Crippen LogP contribution is -2.12. The Hall–Kier alpha value is -3.72. The molecular formula is C20H17N5O3S. The molecule has 4 aromatic rings. The van der Waals surface area contributed by atoms with Crippen LogP contribution >= 0.6 is 11.3 Å². The summed E-state index contributed by atoms with van der Waals surface area (Å²) in [7, 11) is 0. The Morgan fingerprint density at radius 2 is 1.90 bits per heavy atom. The number of amides is 2. The molecule has 0 bridgehead atoms. The van der Waals surface area contributed by atoms with E-state index in [1.807, 2.05) is 43.3 Å². The van der Waals surface area contributed by atoms with Gasteiger partial charge in [-0.15, -0.1) is 0 Å². The number of nitrogens with one attached hydrogen (secondary N) is 3. The Kier molecular flexibility index (Phi) is 4.96. The smallest absolute Gasteiger partial charge is 0.277 e. The SMILES string of the molecule is CC(=O)Nc1sc(NC(=O)c2cc(-c3ccc(C)o3)[nH]n2)nc1-c1ccccc1. The van der Waals surface area contributed by atoms with Gasteiger partial charge in [0.1, 0.15) is 22.1 Å². The van der Waals surface area contributed by atoms with Gasteiger partial charge in [-0.2, -0.15) is 5.10 Å². The van der Waals surface area contributed by atoms with Crippen molar-refractivity contribution >= 4 is 33.3 Å². The number of furan rings is 1. The minimum Gasteiger partial charge on any atom is -0.460 e. The third-order valence-corrected chi connectivity index (χ3v) is 4.89. The van der Waals surface area contributed by atoms with Crippen LogP contribution in [-0.4, -0.2) is 27.0 Å². The van der Waals surface area contributed by atoms with Gasteiger partial charge in [0.05, 0.1) is 0 Å². The summed E-state index contributed by atoms with van der Waals surface area (Å²) in [5.74, 6) is 0.734. The molecule has 3 heterocycles. The van der Waals surface area contributed by atoms with Crippen LogP contribution in [0.5, 0.6) is 0 Å². The molecule has 3 N–H and O–H groups in total. The van der Waals surface area contributed by atoms with Crippen LogP contribution in [0.1, 0.15) is 23.2 Å². The van der Waals surface area contributed by atoms with Gasteiger partial charge in [-0.1, -0.05) is 41.7 Å². The summed E-state index contributed by atoms with van der Waals surface area (Å²) in [6, 6.07) is 14.7. The Bertz CT molecular complexity index is 1180. The first kappa shape index (κ1) is 18.6. The highest BCUT2D eigenvalue weighted by Gasteiger charge is 2.18. The van der Waals surface area contributed by atoms with E-state index in [1.165, 1.54) is 18.3 Å². The Labute approximate surface area is 170 Å². The molecule has 146 valence electrons. The molecule has 0 radical (unpaired) electrons. The van der Waals surface area contributed by atoms with Crippen LogP contribution in [0.2, 0.25) is 0 Å². The fourth-order valence-electron chi connectivity index (χ4n) is 2.71. The van der Waals surface area contributed by atoms with E-state index in [0.717, 1.165) is 11.3 Å². The lowest BCUT2D eigenvalue weighted by atomic mass is 10.2. The van der Waals surface area contributed by atoms with E-state index in [1.54, 1.807) is 12.1 Å². The van der Waals surface area contributed by atoms with Gasteiger partial charge >= 0.3 is 0 Å². The predicted octanol–water partition coefficient (Wildman–Crippen LogP) is 4.31. The number of aromatic nitrogens is 3. The number of H-pyrrole nitrogens is 1. The first-order valence-electron chi connectivity index (χ1n) is 8.77. The van der Waals surface area contributed by atoms with Crippen LogP contribution in [0, 0.1) is 6.92 Å². The molecule has 0 saturated carbocycles. The molecular weight excluding hydrogens is 390 g/mol. The maximum absolute atomic E-state index is 12.6. The zero-order valence-corrected chi connectivity index (χ0v) is 16.5. The average Bonchev–Trinajstić information content (AvgIpc) is 3.42. The van der Waals surface area contributed by atoms with E-state index in [2.05, 4.69) is 25.8 Å². The summed E-state index contributed by atoms with van der Waals surface area (Å²) in [5, 5.41) is 13.3. The lowest BCUT2D eigenvalue weighted by molar-refractivity contribution is -0.114. The van der Waals surface area contributed by atoms with Gasteiger partial charge in [0.2, 0.25) is 5.91 Å². The van der Waals surface area contributed by atoms with Gasteiger partial charge in [-0.25, -0.2) is 4.98 Å². The van der Waals surface area contributed by atoms with Crippen LogP contribution in [0.3, 0.4) is 0 Å². The molecule has 0 spiro atoms. The molecule has 0 fully saturated rings. The summed E-state index contributed by atoms with van der Waals surface area (Å²) in [4.78, 5) is 28.6. The zero-order valence-electron chi connectivity index (χ0n) is 15.6. The third kappa shape index (κ3) is 4.09. The number of aromatic amines is 1. The molecule has 8 nitrogen and oxygen atoms in total. The van der Waals surface area contributed by atoms with Crippen LogP contribution < -0.4 is 10.6 Å². The number of carbonyl (C=O) groups excluding carboxylic acids is 2. The summed E-state index contributed by atoms with van der Waals surface area (Å²) < 4.78 is 5.53. The molecule has 0 aliphatic rings. The molecule has 0 saturated heterocycles. The highest BCUT2D eigenvalue weighted by atomic mass is 32.1. The van der Waals surface area contributed by atoms with Crippen molar-refractivity contribution in [2.45, 2.75) is 13.8 Å². The van der Waals surface area contributed by atoms with Crippen molar-refractivity contribution in [1.82, 2.24) is 15.2 Å². The summed E-state index contributed by atoms with van der Waals surface area (Å²) in [5.41, 5.74) is 2.23. The predicted molar refractivity (Wildman–Crippen MR) is 111 cm³/mol. The van der Waals surface area contributed by atoms with E-state index in [4.69, 9.17) is 4.42 Å². The van der Waals surface area contributed by atoms with Crippen LogP contribution in [-0.2, 0) is 4.79 Å². The monoisotopic (exact) mass is 407 g/mol. The van der Waals surface area contributed by atoms with Crippen molar-refractivity contribution in [3.63, 3.8) is 0 Å². The van der Waals surface area contributed by atoms with Gasteiger partial charge in [0.15, 0.2) is 16.6 Å². The number of aryl methyl sites for hydroxylation is 1. The van der Waals surface area contributed by atoms with Crippen molar-refractivity contribution in [1.29, 1.82) is 0 Å². The fraction of sp³-hybridized carbons (Fsp3) is 0.100. The fourth-order valence-corrected chi connectivity index (χ4v) is 3.64. The zero-order chi connectivity index (χ0) is 20.4. The number of hydrogen-bond acceptors (Lipinski definition) is 6. The largest absolute Gasteiger partial charge is 0.460 e. The number of benzene rings is 1. The third-order valence-electron chi connectivity index (χ3n) is 4.00. The van der Waals surface area contributed by atoms with Crippen LogP contribution in [0.15, 0.2) is 52.9 Å². The second kappa shape index (κ2) is 7.72. The Morgan fingerprint density at radius 1 is 1.10 bits per heavy atom. The van der Waals surface area contributed by atoms with Gasteiger partial charge in [0, 0.05) is 18.6 Å². The van der Waals surface area contributed by atoms with Crippen LogP contribution in [0.25, 0.3) is 22.7 Å². The second-order valence-corrected chi connectivity index (χ2v) is 7.27. The van der Waals surface area contributed by atoms with E-state index >= 15 is 0 Å². The normalized spacial score (nSPS) is 10.7. The molecule has 1 aromatic carbocycles. The summed E-state index contributed by atoms with van der Waals surface area (Å²) >= 11 is 1.18.